The van der Waals surface area contributed by atoms with Crippen LogP contribution in [0.3, 0.4) is 0 Å². The fraction of sp³-hybridized carbons (Fsp3) is 0.467. The number of nitrogens with one attached hydrogen (secondary N) is 2. The van der Waals surface area contributed by atoms with Crippen LogP contribution in [0, 0.1) is 5.41 Å². The molecule has 3 N–H and O–H groups in total. The number of benzene rings is 1. The summed E-state index contributed by atoms with van der Waals surface area (Å²) in [7, 11) is 0. The van der Waals surface area contributed by atoms with Crippen LogP contribution in [0.1, 0.15) is 44.0 Å². The molecule has 20 heavy (non-hydrogen) atoms. The van der Waals surface area contributed by atoms with Gasteiger partial charge in [-0.3, -0.25) is 4.79 Å². The lowest BCUT2D eigenvalue weighted by atomic mass is 9.87. The van der Waals surface area contributed by atoms with Gasteiger partial charge in [-0.1, -0.05) is 20.8 Å². The standard InChI is InChI=1S/C15H20N2O3/c1-15(2,3)8-10-7-13(18)17-12-6-9(14(19)20)4-5-11(12)16-10/h4-6,10,16H,7-8H2,1-3H3,(H,17,18)(H,19,20). The second-order valence-electron chi connectivity index (χ2n) is 6.42. The number of amides is 1. The Bertz CT molecular complexity index is 547. The first kappa shape index (κ1) is 14.4. The molecule has 0 bridgehead atoms. The first-order valence-electron chi connectivity index (χ1n) is 6.68. The van der Waals surface area contributed by atoms with Crippen molar-refractivity contribution < 1.29 is 14.7 Å². The maximum absolute atomic E-state index is 11.9. The molecule has 1 aromatic carbocycles. The number of fused-ring (bicyclic) bond motifs is 1. The Labute approximate surface area is 118 Å². The fourth-order valence-electron chi connectivity index (χ4n) is 2.46. The second-order valence-corrected chi connectivity index (χ2v) is 6.42. The molecule has 0 aromatic heterocycles. The molecule has 108 valence electrons. The molecule has 0 saturated carbocycles. The van der Waals surface area contributed by atoms with Gasteiger partial charge < -0.3 is 15.7 Å². The third-order valence-electron chi connectivity index (χ3n) is 3.19. The highest BCUT2D eigenvalue weighted by atomic mass is 16.4. The van der Waals surface area contributed by atoms with Crippen LogP contribution in [0.2, 0.25) is 0 Å². The number of rotatable bonds is 2. The molecule has 0 saturated heterocycles. The van der Waals surface area contributed by atoms with Crippen molar-refractivity contribution in [2.75, 3.05) is 10.6 Å². The van der Waals surface area contributed by atoms with Crippen molar-refractivity contribution in [3.8, 4) is 0 Å². The van der Waals surface area contributed by atoms with Crippen LogP contribution >= 0.6 is 0 Å². The molecule has 1 heterocycles. The summed E-state index contributed by atoms with van der Waals surface area (Å²) in [5, 5.41) is 15.1. The van der Waals surface area contributed by atoms with E-state index in [0.717, 1.165) is 12.1 Å². The molecule has 5 nitrogen and oxygen atoms in total. The summed E-state index contributed by atoms with van der Waals surface area (Å²) in [5.41, 5.74) is 1.59. The molecule has 0 fully saturated rings. The zero-order valence-corrected chi connectivity index (χ0v) is 12.0. The van der Waals surface area contributed by atoms with Crippen LogP contribution in [-0.4, -0.2) is 23.0 Å². The van der Waals surface area contributed by atoms with Crippen LogP contribution in [0.25, 0.3) is 0 Å². The minimum atomic E-state index is -1.00. The Balaban J connectivity index is 2.28. The number of carbonyl (C=O) groups excluding carboxylic acids is 1. The van der Waals surface area contributed by atoms with Gasteiger partial charge >= 0.3 is 5.97 Å². The SMILES string of the molecule is CC(C)(C)CC1CC(=O)Nc2cc(C(=O)O)ccc2N1. The van der Waals surface area contributed by atoms with E-state index in [0.29, 0.717) is 12.1 Å². The van der Waals surface area contributed by atoms with Gasteiger partial charge in [-0.05, 0) is 30.0 Å². The molecule has 1 aliphatic rings. The first-order chi connectivity index (χ1) is 9.24. The molecular formula is C15H20N2O3. The van der Waals surface area contributed by atoms with Gasteiger partial charge in [0.05, 0.1) is 16.9 Å². The van der Waals surface area contributed by atoms with E-state index in [4.69, 9.17) is 5.11 Å². The van der Waals surface area contributed by atoms with Crippen molar-refractivity contribution in [1.29, 1.82) is 0 Å². The third kappa shape index (κ3) is 3.50. The summed E-state index contributed by atoms with van der Waals surface area (Å²) in [5.74, 6) is -1.09. The largest absolute Gasteiger partial charge is 0.478 e. The molecule has 1 aliphatic heterocycles. The lowest BCUT2D eigenvalue weighted by molar-refractivity contribution is -0.116. The van der Waals surface area contributed by atoms with Gasteiger partial charge in [0.2, 0.25) is 5.91 Å². The highest BCUT2D eigenvalue weighted by Gasteiger charge is 2.25. The molecule has 1 atom stereocenters. The number of carboxylic acids is 1. The fourth-order valence-corrected chi connectivity index (χ4v) is 2.46. The van der Waals surface area contributed by atoms with E-state index in [-0.39, 0.29) is 22.9 Å². The van der Waals surface area contributed by atoms with Gasteiger partial charge in [0.25, 0.3) is 0 Å². The minimum absolute atomic E-state index is 0.0481. The molecule has 0 radical (unpaired) electrons. The molecule has 5 heteroatoms. The zero-order valence-electron chi connectivity index (χ0n) is 12.0. The Morgan fingerprint density at radius 2 is 2.05 bits per heavy atom. The number of carboxylic acid groups (broad SMARTS) is 1. The van der Waals surface area contributed by atoms with Gasteiger partial charge in [-0.25, -0.2) is 4.79 Å². The Morgan fingerprint density at radius 3 is 2.65 bits per heavy atom. The number of hydrogen-bond donors (Lipinski definition) is 3. The van der Waals surface area contributed by atoms with Crippen molar-refractivity contribution in [3.63, 3.8) is 0 Å². The summed E-state index contributed by atoms with van der Waals surface area (Å²) < 4.78 is 0. The highest BCUT2D eigenvalue weighted by molar-refractivity contribution is 5.99. The summed E-state index contributed by atoms with van der Waals surface area (Å²) >= 11 is 0. The predicted octanol–water partition coefficient (Wildman–Crippen LogP) is 2.94. The van der Waals surface area contributed by atoms with E-state index in [9.17, 15) is 9.59 Å². The summed E-state index contributed by atoms with van der Waals surface area (Å²) in [6, 6.07) is 4.79. The number of anilines is 2. The van der Waals surface area contributed by atoms with Gasteiger partial charge in [0, 0.05) is 12.5 Å². The smallest absolute Gasteiger partial charge is 0.335 e. The Kier molecular flexibility index (Phi) is 3.70. The van der Waals surface area contributed by atoms with Crippen molar-refractivity contribution in [2.24, 2.45) is 5.41 Å². The van der Waals surface area contributed by atoms with Crippen LogP contribution in [-0.2, 0) is 4.79 Å². The van der Waals surface area contributed by atoms with Crippen LogP contribution in [0.5, 0.6) is 0 Å². The van der Waals surface area contributed by atoms with Gasteiger partial charge in [-0.2, -0.15) is 0 Å². The maximum Gasteiger partial charge on any atom is 0.335 e. The summed E-state index contributed by atoms with van der Waals surface area (Å²) in [6.45, 7) is 6.39. The Hall–Kier alpha value is -2.04. The van der Waals surface area contributed by atoms with E-state index < -0.39 is 5.97 Å². The lowest BCUT2D eigenvalue weighted by Crippen LogP contribution is -2.27. The molecule has 0 spiro atoms. The van der Waals surface area contributed by atoms with Crippen molar-refractivity contribution in [3.05, 3.63) is 23.8 Å². The van der Waals surface area contributed by atoms with E-state index in [2.05, 4.69) is 31.4 Å². The van der Waals surface area contributed by atoms with Crippen molar-refractivity contribution >= 4 is 23.3 Å². The third-order valence-corrected chi connectivity index (χ3v) is 3.19. The molecule has 1 unspecified atom stereocenters. The van der Waals surface area contributed by atoms with E-state index >= 15 is 0 Å². The van der Waals surface area contributed by atoms with Crippen LogP contribution in [0.4, 0.5) is 11.4 Å². The number of hydrogen-bond acceptors (Lipinski definition) is 3. The minimum Gasteiger partial charge on any atom is -0.478 e. The zero-order chi connectivity index (χ0) is 14.9. The second kappa shape index (κ2) is 5.15. The maximum atomic E-state index is 11.9. The lowest BCUT2D eigenvalue weighted by Gasteiger charge is -2.25. The molecule has 0 aliphatic carbocycles. The average Bonchev–Trinajstić information content (AvgIpc) is 2.42. The highest BCUT2D eigenvalue weighted by Crippen LogP contribution is 2.31. The van der Waals surface area contributed by atoms with Crippen LogP contribution < -0.4 is 10.6 Å². The van der Waals surface area contributed by atoms with Crippen molar-refractivity contribution in [1.82, 2.24) is 0 Å². The number of aromatic carboxylic acids is 1. The summed E-state index contributed by atoms with van der Waals surface area (Å²) in [4.78, 5) is 22.9. The molecule has 2 rings (SSSR count). The van der Waals surface area contributed by atoms with E-state index in [1.54, 1.807) is 12.1 Å². The molecule has 1 amide bonds. The Morgan fingerprint density at radius 1 is 1.35 bits per heavy atom. The van der Waals surface area contributed by atoms with E-state index in [1.807, 2.05) is 0 Å². The molecular weight excluding hydrogens is 256 g/mol. The number of carbonyl (C=O) groups is 2. The van der Waals surface area contributed by atoms with Crippen molar-refractivity contribution in [2.45, 2.75) is 39.7 Å². The first-order valence-corrected chi connectivity index (χ1v) is 6.68. The normalized spacial score (nSPS) is 18.6. The monoisotopic (exact) mass is 276 g/mol. The van der Waals surface area contributed by atoms with Crippen LogP contribution in [0.15, 0.2) is 18.2 Å². The van der Waals surface area contributed by atoms with Gasteiger partial charge in [0.1, 0.15) is 0 Å². The quantitative estimate of drug-likeness (QED) is 0.776. The van der Waals surface area contributed by atoms with Gasteiger partial charge in [-0.15, -0.1) is 0 Å². The summed E-state index contributed by atoms with van der Waals surface area (Å²) in [6.07, 6.45) is 1.24. The average molecular weight is 276 g/mol. The van der Waals surface area contributed by atoms with E-state index in [1.165, 1.54) is 6.07 Å². The topological polar surface area (TPSA) is 78.4 Å². The van der Waals surface area contributed by atoms with Gasteiger partial charge in [0.15, 0.2) is 0 Å². The molecule has 1 aromatic rings. The predicted molar refractivity (Wildman–Crippen MR) is 78.1 cm³/mol.